The largest absolute Gasteiger partial charge is 0.480 e. The predicted molar refractivity (Wildman–Crippen MR) is 103 cm³/mol. The molecule has 0 saturated carbocycles. The molecule has 1 heterocycles. The Kier molecular flexibility index (Phi) is 8.03. The third kappa shape index (κ3) is 6.79. The molecule has 0 spiro atoms. The summed E-state index contributed by atoms with van der Waals surface area (Å²) in [4.78, 5) is 16.2. The maximum Gasteiger partial charge on any atom is 0.317 e. The Labute approximate surface area is 159 Å². The van der Waals surface area contributed by atoms with Crippen LogP contribution < -0.4 is 0 Å². The molecule has 0 amide bonds. The second kappa shape index (κ2) is 9.78. The Morgan fingerprint density at radius 2 is 2.28 bits per heavy atom. The van der Waals surface area contributed by atoms with Crippen molar-refractivity contribution >= 4 is 29.3 Å². The first kappa shape index (κ1) is 20.5. The Morgan fingerprint density at radius 1 is 1.52 bits per heavy atom. The molecular formula is C18H27ClN2O3S. The average Bonchev–Trinajstić information content (AvgIpc) is 2.49. The van der Waals surface area contributed by atoms with E-state index in [0.29, 0.717) is 18.4 Å². The van der Waals surface area contributed by atoms with Crippen molar-refractivity contribution in [2.24, 2.45) is 0 Å². The van der Waals surface area contributed by atoms with E-state index < -0.39 is 5.97 Å². The van der Waals surface area contributed by atoms with Gasteiger partial charge in [-0.2, -0.15) is 0 Å². The van der Waals surface area contributed by atoms with E-state index >= 15 is 0 Å². The summed E-state index contributed by atoms with van der Waals surface area (Å²) in [5.74, 6) is -0.818. The van der Waals surface area contributed by atoms with Crippen LogP contribution in [0.3, 0.4) is 0 Å². The third-order valence-corrected chi connectivity index (χ3v) is 5.43. The molecule has 0 aromatic heterocycles. The van der Waals surface area contributed by atoms with Crippen molar-refractivity contribution in [1.82, 2.24) is 9.80 Å². The lowest BCUT2D eigenvalue weighted by molar-refractivity contribution is -0.138. The zero-order valence-electron chi connectivity index (χ0n) is 15.1. The third-order valence-electron chi connectivity index (χ3n) is 3.96. The van der Waals surface area contributed by atoms with Crippen LogP contribution in [0.25, 0.3) is 0 Å². The number of morpholine rings is 1. The van der Waals surface area contributed by atoms with Gasteiger partial charge in [-0.3, -0.25) is 14.6 Å². The van der Waals surface area contributed by atoms with Gasteiger partial charge in [0.25, 0.3) is 0 Å². The van der Waals surface area contributed by atoms with E-state index in [2.05, 4.69) is 24.8 Å². The SMILES string of the molecule is CC(C)Sc1cccc(Cl)c1CN1CCOC(CN(C)CC(=O)O)C1. The number of aliphatic carboxylic acids is 1. The standard InChI is InChI=1S/C18H27ClN2O3S/c1-13(2)25-17-6-4-5-16(19)15(17)11-21-7-8-24-14(10-21)9-20(3)12-18(22)23/h4-6,13-14H,7-12H2,1-3H3,(H,22,23). The summed E-state index contributed by atoms with van der Waals surface area (Å²) in [5.41, 5.74) is 1.17. The number of benzene rings is 1. The zero-order valence-corrected chi connectivity index (χ0v) is 16.6. The lowest BCUT2D eigenvalue weighted by Crippen LogP contribution is -2.47. The molecule has 1 N–H and O–H groups in total. The molecule has 1 unspecified atom stereocenters. The van der Waals surface area contributed by atoms with Crippen molar-refractivity contribution in [2.45, 2.75) is 36.6 Å². The van der Waals surface area contributed by atoms with Gasteiger partial charge in [-0.05, 0) is 24.7 Å². The van der Waals surface area contributed by atoms with Crippen molar-refractivity contribution in [1.29, 1.82) is 0 Å². The van der Waals surface area contributed by atoms with Gasteiger partial charge in [0.2, 0.25) is 0 Å². The molecule has 25 heavy (non-hydrogen) atoms. The summed E-state index contributed by atoms with van der Waals surface area (Å²) in [5, 5.41) is 10.2. The number of ether oxygens (including phenoxy) is 1. The van der Waals surface area contributed by atoms with E-state index in [1.54, 1.807) is 4.90 Å². The van der Waals surface area contributed by atoms with E-state index in [0.717, 1.165) is 24.7 Å². The maximum atomic E-state index is 10.8. The minimum atomic E-state index is -0.818. The van der Waals surface area contributed by atoms with E-state index in [-0.39, 0.29) is 12.6 Å². The highest BCUT2D eigenvalue weighted by atomic mass is 35.5. The molecular weight excluding hydrogens is 360 g/mol. The Balaban J connectivity index is 1.99. The minimum Gasteiger partial charge on any atom is -0.480 e. The number of halogens is 1. The topological polar surface area (TPSA) is 53.0 Å². The molecule has 1 aromatic carbocycles. The van der Waals surface area contributed by atoms with Crippen LogP contribution in [0.15, 0.2) is 23.1 Å². The summed E-state index contributed by atoms with van der Waals surface area (Å²) in [6.45, 7) is 8.08. The fourth-order valence-electron chi connectivity index (χ4n) is 2.96. The summed E-state index contributed by atoms with van der Waals surface area (Å²) in [6, 6.07) is 6.07. The Morgan fingerprint density at radius 3 is 2.96 bits per heavy atom. The normalized spacial score (nSPS) is 18.9. The highest BCUT2D eigenvalue weighted by Crippen LogP contribution is 2.32. The molecule has 1 aliphatic rings. The van der Waals surface area contributed by atoms with Crippen LogP contribution in [0.2, 0.25) is 5.02 Å². The molecule has 1 aromatic rings. The lowest BCUT2D eigenvalue weighted by Gasteiger charge is -2.35. The van der Waals surface area contributed by atoms with Crippen LogP contribution in [0.4, 0.5) is 0 Å². The zero-order chi connectivity index (χ0) is 18.4. The molecule has 0 bridgehead atoms. The van der Waals surface area contributed by atoms with E-state index in [1.165, 1.54) is 10.5 Å². The molecule has 1 fully saturated rings. The summed E-state index contributed by atoms with van der Waals surface area (Å²) >= 11 is 8.30. The molecule has 5 nitrogen and oxygen atoms in total. The Bertz CT molecular complexity index is 585. The van der Waals surface area contributed by atoms with Crippen molar-refractivity contribution in [3.63, 3.8) is 0 Å². The first-order valence-electron chi connectivity index (χ1n) is 8.53. The number of carboxylic acids is 1. The molecule has 0 aliphatic carbocycles. The molecule has 0 radical (unpaired) electrons. The number of hydrogen-bond donors (Lipinski definition) is 1. The first-order valence-corrected chi connectivity index (χ1v) is 9.79. The van der Waals surface area contributed by atoms with Gasteiger partial charge in [-0.15, -0.1) is 11.8 Å². The van der Waals surface area contributed by atoms with Crippen LogP contribution >= 0.6 is 23.4 Å². The van der Waals surface area contributed by atoms with E-state index in [4.69, 9.17) is 21.4 Å². The van der Waals surface area contributed by atoms with Crippen molar-refractivity contribution in [3.05, 3.63) is 28.8 Å². The monoisotopic (exact) mass is 386 g/mol. The molecule has 1 aliphatic heterocycles. The van der Waals surface area contributed by atoms with Crippen LogP contribution in [-0.2, 0) is 16.1 Å². The van der Waals surface area contributed by atoms with Crippen LogP contribution in [0.5, 0.6) is 0 Å². The number of carboxylic acid groups (broad SMARTS) is 1. The number of rotatable bonds is 8. The van der Waals surface area contributed by atoms with Gasteiger partial charge in [0, 0.05) is 41.3 Å². The maximum absolute atomic E-state index is 10.8. The van der Waals surface area contributed by atoms with Crippen molar-refractivity contribution < 1.29 is 14.6 Å². The summed E-state index contributed by atoms with van der Waals surface area (Å²) < 4.78 is 5.81. The quantitative estimate of drug-likeness (QED) is 0.693. The second-order valence-corrected chi connectivity index (χ2v) is 8.73. The van der Waals surface area contributed by atoms with Gasteiger partial charge < -0.3 is 9.84 Å². The number of thioether (sulfide) groups is 1. The van der Waals surface area contributed by atoms with Crippen LogP contribution in [0.1, 0.15) is 19.4 Å². The summed E-state index contributed by atoms with van der Waals surface area (Å²) in [6.07, 6.45) is 0.0155. The lowest BCUT2D eigenvalue weighted by atomic mass is 10.1. The van der Waals surface area contributed by atoms with Gasteiger partial charge in [0.05, 0.1) is 19.3 Å². The van der Waals surface area contributed by atoms with Gasteiger partial charge in [-0.1, -0.05) is 31.5 Å². The summed E-state index contributed by atoms with van der Waals surface area (Å²) in [7, 11) is 1.81. The predicted octanol–water partition coefficient (Wildman–Crippen LogP) is 3.06. The number of hydrogen-bond acceptors (Lipinski definition) is 5. The van der Waals surface area contributed by atoms with E-state index in [9.17, 15) is 4.79 Å². The fourth-order valence-corrected chi connectivity index (χ4v) is 4.23. The van der Waals surface area contributed by atoms with Gasteiger partial charge >= 0.3 is 5.97 Å². The molecule has 2 rings (SSSR count). The average molecular weight is 387 g/mol. The molecule has 1 saturated heterocycles. The van der Waals surface area contributed by atoms with E-state index in [1.807, 2.05) is 30.9 Å². The van der Waals surface area contributed by atoms with Crippen molar-refractivity contribution in [3.8, 4) is 0 Å². The van der Waals surface area contributed by atoms with Gasteiger partial charge in [-0.25, -0.2) is 0 Å². The highest BCUT2D eigenvalue weighted by molar-refractivity contribution is 8.00. The molecule has 1 atom stereocenters. The number of nitrogens with zero attached hydrogens (tertiary/aromatic N) is 2. The fraction of sp³-hybridized carbons (Fsp3) is 0.611. The van der Waals surface area contributed by atoms with Crippen LogP contribution in [0, 0.1) is 0 Å². The van der Waals surface area contributed by atoms with Gasteiger partial charge in [0.15, 0.2) is 0 Å². The van der Waals surface area contributed by atoms with Crippen molar-refractivity contribution in [2.75, 3.05) is 39.8 Å². The minimum absolute atomic E-state index is 0.0155. The first-order chi connectivity index (χ1) is 11.8. The van der Waals surface area contributed by atoms with Crippen LogP contribution in [-0.4, -0.2) is 72.1 Å². The second-order valence-electron chi connectivity index (χ2n) is 6.70. The Hall–Kier alpha value is -0.790. The highest BCUT2D eigenvalue weighted by Gasteiger charge is 2.24. The molecule has 140 valence electrons. The molecule has 7 heteroatoms. The number of carbonyl (C=O) groups is 1. The van der Waals surface area contributed by atoms with Gasteiger partial charge in [0.1, 0.15) is 0 Å². The number of likely N-dealkylation sites (N-methyl/N-ethyl adjacent to an activating group) is 1. The smallest absolute Gasteiger partial charge is 0.317 e.